The molecule has 1 saturated heterocycles. The zero-order valence-corrected chi connectivity index (χ0v) is 9.53. The van der Waals surface area contributed by atoms with E-state index < -0.39 is 0 Å². The summed E-state index contributed by atoms with van der Waals surface area (Å²) in [4.78, 5) is 13.8. The van der Waals surface area contributed by atoms with Crippen molar-refractivity contribution in [3.8, 4) is 0 Å². The van der Waals surface area contributed by atoms with Gasteiger partial charge in [-0.3, -0.25) is 9.69 Å². The monoisotopic (exact) mass is 209 g/mol. The smallest absolute Gasteiger partial charge is 0.323 e. The summed E-state index contributed by atoms with van der Waals surface area (Å²) < 4.78 is 4.82. The quantitative estimate of drug-likeness (QED) is 0.512. The normalized spacial score (nSPS) is 36.0. The average molecular weight is 209 g/mol. The summed E-state index contributed by atoms with van der Waals surface area (Å²) in [5.41, 5.74) is 0.172. The van der Waals surface area contributed by atoms with E-state index in [0.29, 0.717) is 0 Å². The van der Waals surface area contributed by atoms with Crippen molar-refractivity contribution in [1.82, 2.24) is 4.90 Å². The number of likely N-dealkylation sites (tertiary alicyclic amines) is 1. The van der Waals surface area contributed by atoms with Gasteiger partial charge in [-0.05, 0) is 32.6 Å². The van der Waals surface area contributed by atoms with Gasteiger partial charge in [0.2, 0.25) is 0 Å². The first-order valence-corrected chi connectivity index (χ1v) is 5.67. The lowest BCUT2D eigenvalue weighted by Crippen LogP contribution is -2.62. The molecule has 2 rings (SSSR count). The molecule has 2 atom stereocenters. The Morgan fingerprint density at radius 2 is 2.33 bits per heavy atom. The molecule has 3 nitrogen and oxygen atoms in total. The Morgan fingerprint density at radius 1 is 1.53 bits per heavy atom. The summed E-state index contributed by atoms with van der Waals surface area (Å²) in [7, 11) is 1.47. The Bertz CT molecular complexity index is 287. The van der Waals surface area contributed by atoms with Crippen molar-refractivity contribution in [2.45, 2.75) is 44.2 Å². The molecule has 0 aromatic rings. The van der Waals surface area contributed by atoms with Gasteiger partial charge < -0.3 is 4.74 Å². The molecule has 2 unspecified atom stereocenters. The fraction of sp³-hybridized carbons (Fsp3) is 0.750. The average Bonchev–Trinajstić information content (AvgIpc) is 2.16. The van der Waals surface area contributed by atoms with Crippen molar-refractivity contribution in [1.29, 1.82) is 0 Å². The molecule has 0 N–H and O–H groups in total. The lowest BCUT2D eigenvalue weighted by Gasteiger charge is -2.51. The first-order chi connectivity index (χ1) is 7.17. The molecule has 1 aliphatic carbocycles. The van der Waals surface area contributed by atoms with Crippen LogP contribution in [-0.4, -0.2) is 36.1 Å². The molecule has 84 valence electrons. The summed E-state index contributed by atoms with van der Waals surface area (Å²) in [6.07, 6.45) is 8.75. The molecular formula is C12H19NO2. The van der Waals surface area contributed by atoms with Crippen LogP contribution in [0.5, 0.6) is 0 Å². The van der Waals surface area contributed by atoms with Crippen LogP contribution < -0.4 is 0 Å². The number of carbonyl (C=O) groups excluding carboxylic acids is 1. The molecule has 0 spiro atoms. The van der Waals surface area contributed by atoms with Crippen LogP contribution in [-0.2, 0) is 9.53 Å². The number of esters is 1. The summed E-state index contributed by atoms with van der Waals surface area (Å²) in [5, 5.41) is 0. The van der Waals surface area contributed by atoms with E-state index in [4.69, 9.17) is 4.74 Å². The van der Waals surface area contributed by atoms with E-state index >= 15 is 0 Å². The second-order valence-electron chi connectivity index (χ2n) is 4.73. The SMILES string of the molecule is COC(=O)C1CCN1C1(C)CC=CCC1. The third kappa shape index (κ3) is 1.81. The van der Waals surface area contributed by atoms with Crippen molar-refractivity contribution in [2.24, 2.45) is 0 Å². The Hall–Kier alpha value is -0.830. The van der Waals surface area contributed by atoms with Crippen LogP contribution in [0.15, 0.2) is 12.2 Å². The number of carbonyl (C=O) groups is 1. The van der Waals surface area contributed by atoms with E-state index in [9.17, 15) is 4.79 Å². The van der Waals surface area contributed by atoms with Gasteiger partial charge in [0.1, 0.15) is 6.04 Å². The van der Waals surface area contributed by atoms with Crippen molar-refractivity contribution < 1.29 is 9.53 Å². The van der Waals surface area contributed by atoms with E-state index in [1.54, 1.807) is 0 Å². The van der Waals surface area contributed by atoms with Gasteiger partial charge in [0.15, 0.2) is 0 Å². The fourth-order valence-corrected chi connectivity index (χ4v) is 2.63. The maximum Gasteiger partial charge on any atom is 0.323 e. The molecule has 1 aliphatic heterocycles. The minimum Gasteiger partial charge on any atom is -0.468 e. The highest BCUT2D eigenvalue weighted by Gasteiger charge is 2.45. The standard InChI is InChI=1S/C12H19NO2/c1-12(7-4-3-5-8-12)13-9-6-10(13)11(14)15-2/h3-4,10H,5-9H2,1-2H3. The predicted molar refractivity (Wildman–Crippen MR) is 58.5 cm³/mol. The number of hydrogen-bond acceptors (Lipinski definition) is 3. The number of nitrogens with zero attached hydrogens (tertiary/aromatic N) is 1. The minimum absolute atomic E-state index is 0.00602. The molecule has 1 fully saturated rings. The van der Waals surface area contributed by atoms with E-state index in [1.807, 2.05) is 0 Å². The van der Waals surface area contributed by atoms with Gasteiger partial charge in [0.25, 0.3) is 0 Å². The van der Waals surface area contributed by atoms with Crippen LogP contribution in [0, 0.1) is 0 Å². The third-order valence-corrected chi connectivity index (χ3v) is 3.76. The Labute approximate surface area is 91.1 Å². The highest BCUT2D eigenvalue weighted by atomic mass is 16.5. The molecule has 0 saturated carbocycles. The van der Waals surface area contributed by atoms with E-state index in [-0.39, 0.29) is 17.6 Å². The van der Waals surface area contributed by atoms with Crippen LogP contribution in [0.4, 0.5) is 0 Å². The van der Waals surface area contributed by atoms with E-state index in [0.717, 1.165) is 32.2 Å². The second-order valence-corrected chi connectivity index (χ2v) is 4.73. The summed E-state index contributed by atoms with van der Waals surface area (Å²) >= 11 is 0. The third-order valence-electron chi connectivity index (χ3n) is 3.76. The second kappa shape index (κ2) is 3.97. The first-order valence-electron chi connectivity index (χ1n) is 5.67. The highest BCUT2D eigenvalue weighted by molar-refractivity contribution is 5.76. The van der Waals surface area contributed by atoms with Crippen LogP contribution in [0.25, 0.3) is 0 Å². The van der Waals surface area contributed by atoms with Crippen LogP contribution >= 0.6 is 0 Å². The lowest BCUT2D eigenvalue weighted by atomic mass is 9.81. The minimum atomic E-state index is -0.0722. The first kappa shape index (κ1) is 10.7. The molecule has 1 heterocycles. The van der Waals surface area contributed by atoms with E-state index in [2.05, 4.69) is 24.0 Å². The number of ether oxygens (including phenoxy) is 1. The molecule has 0 bridgehead atoms. The van der Waals surface area contributed by atoms with E-state index in [1.165, 1.54) is 7.11 Å². The lowest BCUT2D eigenvalue weighted by molar-refractivity contribution is -0.157. The molecule has 15 heavy (non-hydrogen) atoms. The number of hydrogen-bond donors (Lipinski definition) is 0. The maximum absolute atomic E-state index is 11.5. The van der Waals surface area contributed by atoms with Gasteiger partial charge in [-0.1, -0.05) is 12.2 Å². The molecule has 2 aliphatic rings. The summed E-state index contributed by atoms with van der Waals surface area (Å²) in [6, 6.07) is 0.00602. The molecule has 0 aromatic heterocycles. The Kier molecular flexibility index (Phi) is 2.83. The highest BCUT2D eigenvalue weighted by Crippen LogP contribution is 2.36. The van der Waals surface area contributed by atoms with Crippen LogP contribution in [0.1, 0.15) is 32.6 Å². The van der Waals surface area contributed by atoms with Crippen LogP contribution in [0.3, 0.4) is 0 Å². The zero-order chi connectivity index (χ0) is 10.9. The largest absolute Gasteiger partial charge is 0.468 e. The molecule has 0 amide bonds. The fourth-order valence-electron chi connectivity index (χ4n) is 2.63. The zero-order valence-electron chi connectivity index (χ0n) is 9.53. The topological polar surface area (TPSA) is 29.5 Å². The predicted octanol–water partition coefficient (Wildman–Crippen LogP) is 1.73. The van der Waals surface area contributed by atoms with Crippen molar-refractivity contribution in [3.05, 3.63) is 12.2 Å². The van der Waals surface area contributed by atoms with Gasteiger partial charge in [-0.25, -0.2) is 0 Å². The van der Waals surface area contributed by atoms with Crippen molar-refractivity contribution in [3.63, 3.8) is 0 Å². The molecule has 0 radical (unpaired) electrons. The van der Waals surface area contributed by atoms with Gasteiger partial charge in [-0.2, -0.15) is 0 Å². The van der Waals surface area contributed by atoms with Gasteiger partial charge in [0, 0.05) is 12.1 Å². The van der Waals surface area contributed by atoms with Gasteiger partial charge >= 0.3 is 5.97 Å². The number of methoxy groups -OCH3 is 1. The van der Waals surface area contributed by atoms with Gasteiger partial charge in [0.05, 0.1) is 7.11 Å². The number of allylic oxidation sites excluding steroid dienone is 1. The maximum atomic E-state index is 11.5. The summed E-state index contributed by atoms with van der Waals surface area (Å²) in [5.74, 6) is -0.0722. The Morgan fingerprint density at radius 3 is 2.80 bits per heavy atom. The molecule has 0 aromatic carbocycles. The number of rotatable bonds is 2. The Balaban J connectivity index is 2.04. The van der Waals surface area contributed by atoms with Crippen molar-refractivity contribution in [2.75, 3.05) is 13.7 Å². The molecular weight excluding hydrogens is 190 g/mol. The summed E-state index contributed by atoms with van der Waals surface area (Å²) in [6.45, 7) is 3.29. The van der Waals surface area contributed by atoms with Crippen molar-refractivity contribution >= 4 is 5.97 Å². The van der Waals surface area contributed by atoms with Crippen LogP contribution in [0.2, 0.25) is 0 Å². The molecule has 3 heteroatoms. The van der Waals surface area contributed by atoms with Gasteiger partial charge in [-0.15, -0.1) is 0 Å².